The van der Waals surface area contributed by atoms with Crippen molar-refractivity contribution in [1.82, 2.24) is 10.3 Å². The molecule has 1 saturated heterocycles. The van der Waals surface area contributed by atoms with Crippen molar-refractivity contribution in [3.63, 3.8) is 0 Å². The van der Waals surface area contributed by atoms with Crippen molar-refractivity contribution in [2.75, 3.05) is 31.6 Å². The van der Waals surface area contributed by atoms with E-state index >= 15 is 0 Å². The number of hydrogen-bond acceptors (Lipinski definition) is 4. The number of aromatic nitrogens is 1. The van der Waals surface area contributed by atoms with E-state index in [0.717, 1.165) is 31.2 Å². The number of anilines is 1. The van der Waals surface area contributed by atoms with E-state index in [2.05, 4.69) is 22.1 Å². The Balaban J connectivity index is 2.07. The molecular weight excluding hydrogens is 190 g/mol. The first-order valence-electron chi connectivity index (χ1n) is 5.28. The third-order valence-corrected chi connectivity index (χ3v) is 2.65. The normalized spacial score (nSPS) is 21.5. The number of pyridine rings is 1. The van der Waals surface area contributed by atoms with Gasteiger partial charge in [0.05, 0.1) is 13.3 Å². The molecule has 4 nitrogen and oxygen atoms in total. The second kappa shape index (κ2) is 4.49. The zero-order chi connectivity index (χ0) is 10.7. The van der Waals surface area contributed by atoms with Gasteiger partial charge in [-0.15, -0.1) is 0 Å². The minimum Gasteiger partial charge on any atom is -0.495 e. The highest BCUT2D eigenvalue weighted by Crippen LogP contribution is 2.16. The van der Waals surface area contributed by atoms with E-state index in [-0.39, 0.29) is 0 Å². The second-order valence-corrected chi connectivity index (χ2v) is 3.86. The summed E-state index contributed by atoms with van der Waals surface area (Å²) in [7, 11) is 1.66. The topological polar surface area (TPSA) is 37.4 Å². The van der Waals surface area contributed by atoms with E-state index in [0.29, 0.717) is 6.04 Å². The van der Waals surface area contributed by atoms with Gasteiger partial charge in [0.1, 0.15) is 11.6 Å². The van der Waals surface area contributed by atoms with Crippen molar-refractivity contribution in [2.45, 2.75) is 13.0 Å². The summed E-state index contributed by atoms with van der Waals surface area (Å²) in [5, 5.41) is 3.41. The van der Waals surface area contributed by atoms with Gasteiger partial charge < -0.3 is 15.0 Å². The Kier molecular flexibility index (Phi) is 3.06. The Morgan fingerprint density at radius 3 is 3.00 bits per heavy atom. The lowest BCUT2D eigenvalue weighted by Crippen LogP contribution is -2.49. The molecule has 2 heterocycles. The summed E-state index contributed by atoms with van der Waals surface area (Å²) in [6.07, 6.45) is 1.77. The molecule has 82 valence electrons. The minimum atomic E-state index is 0.530. The van der Waals surface area contributed by atoms with Crippen LogP contribution in [0.2, 0.25) is 0 Å². The third kappa shape index (κ3) is 2.39. The summed E-state index contributed by atoms with van der Waals surface area (Å²) in [6, 6.07) is 4.49. The first-order valence-corrected chi connectivity index (χ1v) is 5.28. The van der Waals surface area contributed by atoms with Crippen LogP contribution in [0.3, 0.4) is 0 Å². The number of rotatable bonds is 2. The summed E-state index contributed by atoms with van der Waals surface area (Å²) >= 11 is 0. The molecule has 0 aromatic carbocycles. The predicted octanol–water partition coefficient (Wildman–Crippen LogP) is 0.888. The Morgan fingerprint density at radius 2 is 2.40 bits per heavy atom. The third-order valence-electron chi connectivity index (χ3n) is 2.65. The highest BCUT2D eigenvalue weighted by atomic mass is 16.5. The monoisotopic (exact) mass is 207 g/mol. The van der Waals surface area contributed by atoms with Crippen LogP contribution in [0.1, 0.15) is 6.92 Å². The fourth-order valence-electron chi connectivity index (χ4n) is 1.82. The average molecular weight is 207 g/mol. The van der Waals surface area contributed by atoms with Crippen LogP contribution < -0.4 is 15.0 Å². The molecule has 1 aliphatic heterocycles. The van der Waals surface area contributed by atoms with Crippen LogP contribution in [0, 0.1) is 0 Å². The van der Waals surface area contributed by atoms with Crippen LogP contribution >= 0.6 is 0 Å². The van der Waals surface area contributed by atoms with E-state index in [1.807, 2.05) is 12.1 Å². The maximum atomic E-state index is 5.08. The van der Waals surface area contributed by atoms with Gasteiger partial charge in [0.15, 0.2) is 0 Å². The van der Waals surface area contributed by atoms with E-state index in [4.69, 9.17) is 4.74 Å². The number of piperazine rings is 1. The van der Waals surface area contributed by atoms with Crippen molar-refractivity contribution in [3.05, 3.63) is 18.3 Å². The fourth-order valence-corrected chi connectivity index (χ4v) is 1.82. The molecule has 0 spiro atoms. The molecule has 1 aromatic rings. The van der Waals surface area contributed by atoms with Gasteiger partial charge in [-0.05, 0) is 19.1 Å². The first kappa shape index (κ1) is 10.2. The summed E-state index contributed by atoms with van der Waals surface area (Å²) < 4.78 is 5.08. The summed E-state index contributed by atoms with van der Waals surface area (Å²) in [6.45, 7) is 5.24. The molecule has 0 bridgehead atoms. The van der Waals surface area contributed by atoms with Crippen LogP contribution in [0.25, 0.3) is 0 Å². The SMILES string of the molecule is COc1ccc(N2CCN[C@H](C)C2)nc1. The van der Waals surface area contributed by atoms with Gasteiger partial charge in [-0.25, -0.2) is 4.98 Å². The first-order chi connectivity index (χ1) is 7.29. The maximum absolute atomic E-state index is 5.08. The number of hydrogen-bond donors (Lipinski definition) is 1. The molecule has 1 aliphatic rings. The van der Waals surface area contributed by atoms with Crippen LogP contribution in [0.5, 0.6) is 5.75 Å². The molecular formula is C11H17N3O. The van der Waals surface area contributed by atoms with Crippen molar-refractivity contribution in [1.29, 1.82) is 0 Å². The Hall–Kier alpha value is -1.29. The molecule has 0 radical (unpaired) electrons. The van der Waals surface area contributed by atoms with Crippen LogP contribution in [-0.4, -0.2) is 37.8 Å². The molecule has 0 aliphatic carbocycles. The van der Waals surface area contributed by atoms with Crippen LogP contribution in [0.15, 0.2) is 18.3 Å². The molecule has 4 heteroatoms. The molecule has 0 amide bonds. The smallest absolute Gasteiger partial charge is 0.137 e. The lowest BCUT2D eigenvalue weighted by Gasteiger charge is -2.32. The quantitative estimate of drug-likeness (QED) is 0.781. The van der Waals surface area contributed by atoms with Crippen molar-refractivity contribution >= 4 is 5.82 Å². The van der Waals surface area contributed by atoms with Crippen LogP contribution in [-0.2, 0) is 0 Å². The zero-order valence-electron chi connectivity index (χ0n) is 9.23. The van der Waals surface area contributed by atoms with Crippen molar-refractivity contribution in [3.8, 4) is 5.75 Å². The highest BCUT2D eigenvalue weighted by Gasteiger charge is 2.16. The largest absolute Gasteiger partial charge is 0.495 e. The second-order valence-electron chi connectivity index (χ2n) is 3.86. The van der Waals surface area contributed by atoms with E-state index in [1.54, 1.807) is 13.3 Å². The minimum absolute atomic E-state index is 0.530. The molecule has 15 heavy (non-hydrogen) atoms. The van der Waals surface area contributed by atoms with Crippen molar-refractivity contribution < 1.29 is 4.74 Å². The summed E-state index contributed by atoms with van der Waals surface area (Å²) in [5.74, 6) is 1.84. The Bertz CT molecular complexity index is 312. The maximum Gasteiger partial charge on any atom is 0.137 e. The zero-order valence-corrected chi connectivity index (χ0v) is 9.23. The Morgan fingerprint density at radius 1 is 1.53 bits per heavy atom. The summed E-state index contributed by atoms with van der Waals surface area (Å²) in [5.41, 5.74) is 0. The van der Waals surface area contributed by atoms with Gasteiger partial charge >= 0.3 is 0 Å². The van der Waals surface area contributed by atoms with E-state index < -0.39 is 0 Å². The molecule has 2 rings (SSSR count). The summed E-state index contributed by atoms with van der Waals surface area (Å²) in [4.78, 5) is 6.67. The van der Waals surface area contributed by atoms with Gasteiger partial charge in [-0.2, -0.15) is 0 Å². The number of ether oxygens (including phenoxy) is 1. The van der Waals surface area contributed by atoms with Gasteiger partial charge in [0, 0.05) is 25.7 Å². The number of nitrogens with one attached hydrogen (secondary N) is 1. The van der Waals surface area contributed by atoms with Crippen LogP contribution in [0.4, 0.5) is 5.82 Å². The molecule has 0 unspecified atom stereocenters. The molecule has 1 atom stereocenters. The molecule has 0 saturated carbocycles. The van der Waals surface area contributed by atoms with E-state index in [9.17, 15) is 0 Å². The molecule has 1 fully saturated rings. The van der Waals surface area contributed by atoms with Crippen molar-refractivity contribution in [2.24, 2.45) is 0 Å². The van der Waals surface area contributed by atoms with Gasteiger partial charge in [0.25, 0.3) is 0 Å². The van der Waals surface area contributed by atoms with Gasteiger partial charge in [-0.1, -0.05) is 0 Å². The molecule has 1 N–H and O–H groups in total. The highest BCUT2D eigenvalue weighted by molar-refractivity contribution is 5.41. The lowest BCUT2D eigenvalue weighted by molar-refractivity contribution is 0.412. The van der Waals surface area contributed by atoms with Gasteiger partial charge in [0.2, 0.25) is 0 Å². The van der Waals surface area contributed by atoms with E-state index in [1.165, 1.54) is 0 Å². The Labute approximate surface area is 90.3 Å². The lowest BCUT2D eigenvalue weighted by atomic mass is 10.2. The molecule has 1 aromatic heterocycles. The number of methoxy groups -OCH3 is 1. The fraction of sp³-hybridized carbons (Fsp3) is 0.545. The standard InChI is InChI=1S/C11H17N3O/c1-9-8-14(6-5-12-9)11-4-3-10(15-2)7-13-11/h3-4,7,9,12H,5-6,8H2,1-2H3/t9-/m1/s1. The average Bonchev–Trinajstić information content (AvgIpc) is 2.29. The number of nitrogens with zero attached hydrogens (tertiary/aromatic N) is 2. The van der Waals surface area contributed by atoms with Gasteiger partial charge in [-0.3, -0.25) is 0 Å². The predicted molar refractivity (Wildman–Crippen MR) is 60.5 cm³/mol.